The van der Waals surface area contributed by atoms with Crippen LogP contribution in [0.25, 0.3) is 0 Å². The number of carboxylic acids is 1. The van der Waals surface area contributed by atoms with E-state index in [1.165, 1.54) is 18.2 Å². The maximum absolute atomic E-state index is 11.8. The van der Waals surface area contributed by atoms with Crippen molar-refractivity contribution in [1.29, 1.82) is 0 Å². The van der Waals surface area contributed by atoms with E-state index in [1.54, 1.807) is 30.3 Å². The molecule has 24 heavy (non-hydrogen) atoms. The third-order valence-corrected chi connectivity index (χ3v) is 3.03. The first kappa shape index (κ1) is 17.2. The van der Waals surface area contributed by atoms with Gasteiger partial charge >= 0.3 is 11.9 Å². The molecule has 1 atom stereocenters. The Hall–Kier alpha value is -3.19. The van der Waals surface area contributed by atoms with Gasteiger partial charge in [-0.3, -0.25) is 4.79 Å². The fourth-order valence-electron chi connectivity index (χ4n) is 1.91. The van der Waals surface area contributed by atoms with Crippen LogP contribution in [-0.4, -0.2) is 34.3 Å². The van der Waals surface area contributed by atoms with E-state index in [2.05, 4.69) is 5.32 Å². The maximum Gasteiger partial charge on any atom is 0.361 e. The normalized spacial score (nSPS) is 11.4. The Kier molecular flexibility index (Phi) is 5.64. The third kappa shape index (κ3) is 4.92. The number of benzene rings is 2. The number of aliphatic hydroxyl groups excluding tert-OH is 1. The highest BCUT2D eigenvalue weighted by Gasteiger charge is 2.20. The van der Waals surface area contributed by atoms with Crippen molar-refractivity contribution in [2.45, 2.75) is 12.6 Å². The number of amides is 1. The van der Waals surface area contributed by atoms with Crippen molar-refractivity contribution in [1.82, 2.24) is 5.32 Å². The van der Waals surface area contributed by atoms with Crippen LogP contribution in [0.15, 0.2) is 54.6 Å². The van der Waals surface area contributed by atoms with Crippen LogP contribution in [0.3, 0.4) is 0 Å². The molecule has 2 aromatic carbocycles. The van der Waals surface area contributed by atoms with Crippen molar-refractivity contribution in [3.05, 3.63) is 65.7 Å². The predicted molar refractivity (Wildman–Crippen MR) is 83.3 cm³/mol. The van der Waals surface area contributed by atoms with Gasteiger partial charge in [0, 0.05) is 0 Å². The summed E-state index contributed by atoms with van der Waals surface area (Å²) in [5.74, 6) is -2.88. The average molecular weight is 329 g/mol. The Morgan fingerprint density at radius 3 is 2.42 bits per heavy atom. The van der Waals surface area contributed by atoms with Gasteiger partial charge < -0.3 is 20.3 Å². The summed E-state index contributed by atoms with van der Waals surface area (Å²) in [6.07, 6.45) is -1.85. The molecule has 0 saturated heterocycles. The fourth-order valence-corrected chi connectivity index (χ4v) is 1.91. The van der Waals surface area contributed by atoms with E-state index < -0.39 is 24.1 Å². The molecule has 1 unspecified atom stereocenters. The first-order valence-electron chi connectivity index (χ1n) is 7.02. The molecule has 0 aliphatic heterocycles. The SMILES string of the molecule is O=C(Cc1ccccc1)NC(O)C(=O)Oc1cccc(C(=O)O)c1. The number of hydrogen-bond acceptors (Lipinski definition) is 5. The second-order valence-corrected chi connectivity index (χ2v) is 4.89. The number of carboxylic acid groups (broad SMARTS) is 1. The van der Waals surface area contributed by atoms with E-state index in [0.717, 1.165) is 11.6 Å². The topological polar surface area (TPSA) is 113 Å². The molecule has 0 bridgehead atoms. The standard InChI is InChI=1S/C17H15NO6/c19-14(9-11-5-2-1-3-6-11)18-15(20)17(23)24-13-8-4-7-12(10-13)16(21)22/h1-8,10,15,20H,9H2,(H,18,19)(H,21,22). The van der Waals surface area contributed by atoms with Gasteiger partial charge in [-0.15, -0.1) is 0 Å². The summed E-state index contributed by atoms with van der Waals surface area (Å²) < 4.78 is 4.85. The van der Waals surface area contributed by atoms with Crippen LogP contribution in [0.1, 0.15) is 15.9 Å². The van der Waals surface area contributed by atoms with E-state index in [4.69, 9.17) is 9.84 Å². The first-order chi connectivity index (χ1) is 11.5. The first-order valence-corrected chi connectivity index (χ1v) is 7.02. The Balaban J connectivity index is 1.91. The predicted octanol–water partition coefficient (Wildman–Crippen LogP) is 0.968. The minimum atomic E-state index is -1.85. The van der Waals surface area contributed by atoms with Crippen molar-refractivity contribution in [3.8, 4) is 5.75 Å². The van der Waals surface area contributed by atoms with Crippen molar-refractivity contribution in [3.63, 3.8) is 0 Å². The van der Waals surface area contributed by atoms with Crippen molar-refractivity contribution in [2.24, 2.45) is 0 Å². The molecule has 7 heteroatoms. The lowest BCUT2D eigenvalue weighted by atomic mass is 10.1. The molecule has 3 N–H and O–H groups in total. The minimum absolute atomic E-state index is 0.000318. The molecule has 2 rings (SSSR count). The van der Waals surface area contributed by atoms with Gasteiger partial charge in [-0.05, 0) is 23.8 Å². The van der Waals surface area contributed by atoms with Gasteiger partial charge in [0.1, 0.15) is 5.75 Å². The quantitative estimate of drug-likeness (QED) is 0.413. The Morgan fingerprint density at radius 1 is 1.04 bits per heavy atom. The van der Waals surface area contributed by atoms with Crippen LogP contribution in [-0.2, 0) is 16.0 Å². The molecular weight excluding hydrogens is 314 g/mol. The summed E-state index contributed by atoms with van der Waals surface area (Å²) in [5, 5.41) is 20.7. The monoisotopic (exact) mass is 329 g/mol. The summed E-state index contributed by atoms with van der Waals surface area (Å²) in [4.78, 5) is 34.4. The summed E-state index contributed by atoms with van der Waals surface area (Å²) >= 11 is 0. The van der Waals surface area contributed by atoms with Gasteiger partial charge in [0.15, 0.2) is 0 Å². The third-order valence-electron chi connectivity index (χ3n) is 3.03. The molecule has 0 spiro atoms. The number of carbonyl (C=O) groups excluding carboxylic acids is 2. The molecule has 0 radical (unpaired) electrons. The number of carbonyl (C=O) groups is 3. The average Bonchev–Trinajstić information content (AvgIpc) is 2.55. The molecule has 0 fully saturated rings. The minimum Gasteiger partial charge on any atom is -0.478 e. The summed E-state index contributed by atoms with van der Waals surface area (Å²) in [7, 11) is 0. The molecule has 7 nitrogen and oxygen atoms in total. The van der Waals surface area contributed by atoms with Crippen LogP contribution in [0.5, 0.6) is 5.75 Å². The second kappa shape index (κ2) is 7.89. The zero-order chi connectivity index (χ0) is 17.5. The van der Waals surface area contributed by atoms with Crippen LogP contribution in [0.4, 0.5) is 0 Å². The van der Waals surface area contributed by atoms with Gasteiger partial charge in [0.25, 0.3) is 0 Å². The van der Waals surface area contributed by atoms with Gasteiger partial charge in [-0.25, -0.2) is 9.59 Å². The highest BCUT2D eigenvalue weighted by Crippen LogP contribution is 2.14. The van der Waals surface area contributed by atoms with Crippen LogP contribution in [0.2, 0.25) is 0 Å². The molecule has 2 aromatic rings. The molecule has 0 aliphatic rings. The Bertz CT molecular complexity index is 744. The van der Waals surface area contributed by atoms with Gasteiger partial charge in [-0.2, -0.15) is 0 Å². The zero-order valence-electron chi connectivity index (χ0n) is 12.5. The van der Waals surface area contributed by atoms with Gasteiger partial charge in [0.2, 0.25) is 12.1 Å². The highest BCUT2D eigenvalue weighted by molar-refractivity contribution is 5.89. The smallest absolute Gasteiger partial charge is 0.361 e. The number of aliphatic hydroxyl groups is 1. The van der Waals surface area contributed by atoms with Crippen molar-refractivity contribution < 1.29 is 29.3 Å². The lowest BCUT2D eigenvalue weighted by Crippen LogP contribution is -2.43. The Morgan fingerprint density at radius 2 is 1.75 bits per heavy atom. The number of nitrogens with one attached hydrogen (secondary N) is 1. The molecular formula is C17H15NO6. The molecule has 0 saturated carbocycles. The van der Waals surface area contributed by atoms with E-state index >= 15 is 0 Å². The Labute approximate surface area is 137 Å². The fraction of sp³-hybridized carbons (Fsp3) is 0.118. The maximum atomic E-state index is 11.8. The van der Waals surface area contributed by atoms with Gasteiger partial charge in [0.05, 0.1) is 12.0 Å². The number of hydrogen-bond donors (Lipinski definition) is 3. The molecule has 0 aliphatic carbocycles. The number of rotatable bonds is 6. The van der Waals surface area contributed by atoms with E-state index in [0.29, 0.717) is 0 Å². The molecule has 1 amide bonds. The van der Waals surface area contributed by atoms with E-state index in [9.17, 15) is 19.5 Å². The van der Waals surface area contributed by atoms with Crippen LogP contribution in [0, 0.1) is 0 Å². The zero-order valence-corrected chi connectivity index (χ0v) is 12.5. The number of esters is 1. The lowest BCUT2D eigenvalue weighted by molar-refractivity contribution is -0.148. The molecule has 0 heterocycles. The number of ether oxygens (including phenoxy) is 1. The summed E-state index contributed by atoms with van der Waals surface area (Å²) in [6.45, 7) is 0. The number of aromatic carboxylic acids is 1. The van der Waals surface area contributed by atoms with Crippen molar-refractivity contribution in [2.75, 3.05) is 0 Å². The van der Waals surface area contributed by atoms with Gasteiger partial charge in [-0.1, -0.05) is 36.4 Å². The lowest BCUT2D eigenvalue weighted by Gasteiger charge is -2.12. The van der Waals surface area contributed by atoms with Crippen molar-refractivity contribution >= 4 is 17.8 Å². The molecule has 124 valence electrons. The van der Waals surface area contributed by atoms with E-state index in [1.807, 2.05) is 0 Å². The van der Waals surface area contributed by atoms with Crippen LogP contribution >= 0.6 is 0 Å². The summed E-state index contributed by atoms with van der Waals surface area (Å²) in [6, 6.07) is 14.0. The van der Waals surface area contributed by atoms with Crippen LogP contribution < -0.4 is 10.1 Å². The second-order valence-electron chi connectivity index (χ2n) is 4.89. The summed E-state index contributed by atoms with van der Waals surface area (Å²) in [5.41, 5.74) is 0.660. The largest absolute Gasteiger partial charge is 0.478 e. The highest BCUT2D eigenvalue weighted by atomic mass is 16.6. The van der Waals surface area contributed by atoms with E-state index in [-0.39, 0.29) is 17.7 Å². The molecule has 0 aromatic heterocycles.